The molecule has 1 aromatic heterocycles. The van der Waals surface area contributed by atoms with Crippen LogP contribution >= 0.6 is 11.8 Å². The predicted molar refractivity (Wildman–Crippen MR) is 80.7 cm³/mol. The van der Waals surface area contributed by atoms with Gasteiger partial charge >= 0.3 is 5.97 Å². The molecule has 3 N–H and O–H groups in total. The van der Waals surface area contributed by atoms with Crippen LogP contribution in [0.25, 0.3) is 10.9 Å². The summed E-state index contributed by atoms with van der Waals surface area (Å²) in [5.74, 6) is -1.13. The minimum Gasteiger partial charge on any atom is -0.480 e. The van der Waals surface area contributed by atoms with Gasteiger partial charge in [-0.15, -0.1) is 11.8 Å². The molecule has 2 aromatic rings. The standard InChI is InChI=1S/C13H15N3O4S/c1-15-6-7(5-8(14)13(17)18)11-9(15)3-4-10(21-2)12(11)16(19)20/h3-4,6,8H,5,14H2,1-2H3,(H,17,18). The fourth-order valence-corrected chi connectivity index (χ4v) is 2.94. The molecule has 7 nitrogen and oxygen atoms in total. The van der Waals surface area contributed by atoms with Gasteiger partial charge in [0.05, 0.1) is 20.7 Å². The molecule has 1 aromatic carbocycles. The maximum Gasteiger partial charge on any atom is 0.320 e. The monoisotopic (exact) mass is 309 g/mol. The van der Waals surface area contributed by atoms with Crippen LogP contribution in [0.4, 0.5) is 5.69 Å². The van der Waals surface area contributed by atoms with Crippen molar-refractivity contribution < 1.29 is 14.8 Å². The van der Waals surface area contributed by atoms with Gasteiger partial charge in [-0.25, -0.2) is 0 Å². The number of aryl methyl sites for hydroxylation is 1. The number of aliphatic carboxylic acids is 1. The number of nitrogens with zero attached hydrogens (tertiary/aromatic N) is 2. The Hall–Kier alpha value is -2.06. The van der Waals surface area contributed by atoms with E-state index < -0.39 is 16.9 Å². The van der Waals surface area contributed by atoms with Gasteiger partial charge in [0.1, 0.15) is 6.04 Å². The number of fused-ring (bicyclic) bond motifs is 1. The van der Waals surface area contributed by atoms with Crippen molar-refractivity contribution in [2.24, 2.45) is 12.8 Å². The summed E-state index contributed by atoms with van der Waals surface area (Å²) in [6.45, 7) is 0. The van der Waals surface area contributed by atoms with Gasteiger partial charge in [0, 0.05) is 19.7 Å². The number of benzene rings is 1. The van der Waals surface area contributed by atoms with E-state index in [1.165, 1.54) is 11.8 Å². The molecule has 0 amide bonds. The molecule has 0 saturated carbocycles. The molecule has 112 valence electrons. The average Bonchev–Trinajstić information content (AvgIpc) is 2.74. The van der Waals surface area contributed by atoms with Gasteiger partial charge in [0.15, 0.2) is 0 Å². The number of hydrogen-bond acceptors (Lipinski definition) is 5. The van der Waals surface area contributed by atoms with Gasteiger partial charge < -0.3 is 15.4 Å². The summed E-state index contributed by atoms with van der Waals surface area (Å²) in [6.07, 6.45) is 3.51. The maximum absolute atomic E-state index is 11.4. The Labute approximate surface area is 124 Å². The van der Waals surface area contributed by atoms with E-state index in [-0.39, 0.29) is 12.1 Å². The van der Waals surface area contributed by atoms with Crippen molar-refractivity contribution in [2.75, 3.05) is 6.26 Å². The highest BCUT2D eigenvalue weighted by atomic mass is 32.2. The smallest absolute Gasteiger partial charge is 0.320 e. The second-order valence-electron chi connectivity index (χ2n) is 4.68. The molecule has 0 aliphatic rings. The number of nitrogens with two attached hydrogens (primary N) is 1. The van der Waals surface area contributed by atoms with Gasteiger partial charge in [0.25, 0.3) is 5.69 Å². The van der Waals surface area contributed by atoms with E-state index >= 15 is 0 Å². The first-order valence-corrected chi connectivity index (χ1v) is 7.37. The molecule has 0 fully saturated rings. The predicted octanol–water partition coefficient (Wildman–Crippen LogP) is 1.76. The van der Waals surface area contributed by atoms with E-state index in [1.54, 1.807) is 36.2 Å². The van der Waals surface area contributed by atoms with E-state index in [9.17, 15) is 14.9 Å². The summed E-state index contributed by atoms with van der Waals surface area (Å²) in [6, 6.07) is 2.41. The normalized spacial score (nSPS) is 12.5. The van der Waals surface area contributed by atoms with Crippen molar-refractivity contribution in [3.05, 3.63) is 34.0 Å². The van der Waals surface area contributed by atoms with Crippen LogP contribution in [0.2, 0.25) is 0 Å². The second kappa shape index (κ2) is 5.74. The molecule has 8 heteroatoms. The third-order valence-corrected chi connectivity index (χ3v) is 4.10. The fraction of sp³-hybridized carbons (Fsp3) is 0.308. The SMILES string of the molecule is CSc1ccc2c(c(CC(N)C(=O)O)cn2C)c1[N+](=O)[O-]. The highest BCUT2D eigenvalue weighted by molar-refractivity contribution is 7.98. The molecule has 1 atom stereocenters. The van der Waals surface area contributed by atoms with Crippen LogP contribution in [-0.4, -0.2) is 32.9 Å². The van der Waals surface area contributed by atoms with Crippen LogP contribution < -0.4 is 5.73 Å². The Morgan fingerprint density at radius 3 is 2.76 bits per heavy atom. The number of nitro benzene ring substituents is 1. The van der Waals surface area contributed by atoms with Gasteiger partial charge in [-0.2, -0.15) is 0 Å². The van der Waals surface area contributed by atoms with Gasteiger partial charge in [-0.1, -0.05) is 0 Å². The summed E-state index contributed by atoms with van der Waals surface area (Å²) in [5, 5.41) is 20.8. The number of carboxylic acid groups (broad SMARTS) is 1. The molecular formula is C13H15N3O4S. The molecule has 0 spiro atoms. The topological polar surface area (TPSA) is 111 Å². The van der Waals surface area contributed by atoms with Gasteiger partial charge in [-0.3, -0.25) is 14.9 Å². The maximum atomic E-state index is 11.4. The van der Waals surface area contributed by atoms with E-state index in [1.807, 2.05) is 0 Å². The number of aromatic nitrogens is 1. The molecule has 1 unspecified atom stereocenters. The molecule has 1 heterocycles. The highest BCUT2D eigenvalue weighted by Crippen LogP contribution is 2.37. The van der Waals surface area contributed by atoms with Crippen molar-refractivity contribution in [3.8, 4) is 0 Å². The molecular weight excluding hydrogens is 294 g/mol. The molecule has 21 heavy (non-hydrogen) atoms. The van der Waals surface area contributed by atoms with Crippen molar-refractivity contribution in [1.82, 2.24) is 4.57 Å². The summed E-state index contributed by atoms with van der Waals surface area (Å²) in [5.41, 5.74) is 6.83. The van der Waals surface area contributed by atoms with Crippen molar-refractivity contribution in [1.29, 1.82) is 0 Å². The molecule has 0 aliphatic carbocycles. The van der Waals surface area contributed by atoms with E-state index in [0.717, 1.165) is 0 Å². The number of nitro groups is 1. The number of hydrogen-bond donors (Lipinski definition) is 2. The van der Waals surface area contributed by atoms with Crippen molar-refractivity contribution in [2.45, 2.75) is 17.4 Å². The van der Waals surface area contributed by atoms with Crippen LogP contribution in [0.5, 0.6) is 0 Å². The minimum absolute atomic E-state index is 0.00758. The Morgan fingerprint density at radius 1 is 1.57 bits per heavy atom. The van der Waals surface area contributed by atoms with E-state index in [2.05, 4.69) is 0 Å². The summed E-state index contributed by atoms with van der Waals surface area (Å²) >= 11 is 1.28. The highest BCUT2D eigenvalue weighted by Gasteiger charge is 2.25. The lowest BCUT2D eigenvalue weighted by Gasteiger charge is -2.06. The molecule has 0 bridgehead atoms. The lowest BCUT2D eigenvalue weighted by Crippen LogP contribution is -2.32. The Morgan fingerprint density at radius 2 is 2.24 bits per heavy atom. The lowest BCUT2D eigenvalue weighted by atomic mass is 10.0. The van der Waals surface area contributed by atoms with Gasteiger partial charge in [0.2, 0.25) is 0 Å². The summed E-state index contributed by atoms with van der Waals surface area (Å²) < 4.78 is 1.75. The lowest BCUT2D eigenvalue weighted by molar-refractivity contribution is -0.385. The average molecular weight is 309 g/mol. The Kier molecular flexibility index (Phi) is 4.19. The quantitative estimate of drug-likeness (QED) is 0.494. The van der Waals surface area contributed by atoms with Crippen LogP contribution in [0.1, 0.15) is 5.56 Å². The number of thioether (sulfide) groups is 1. The van der Waals surface area contributed by atoms with Crippen LogP contribution in [0, 0.1) is 10.1 Å². The Bertz CT molecular complexity index is 726. The first-order valence-electron chi connectivity index (χ1n) is 6.14. The van der Waals surface area contributed by atoms with Crippen LogP contribution in [-0.2, 0) is 18.3 Å². The zero-order valence-corrected chi connectivity index (χ0v) is 12.4. The van der Waals surface area contributed by atoms with Crippen molar-refractivity contribution in [3.63, 3.8) is 0 Å². The largest absolute Gasteiger partial charge is 0.480 e. The first kappa shape index (κ1) is 15.3. The molecule has 2 rings (SSSR count). The second-order valence-corrected chi connectivity index (χ2v) is 5.53. The molecule has 0 saturated heterocycles. The zero-order chi connectivity index (χ0) is 15.7. The van der Waals surface area contributed by atoms with Crippen molar-refractivity contribution >= 4 is 34.3 Å². The Balaban J connectivity index is 2.71. The van der Waals surface area contributed by atoms with Crippen LogP contribution in [0.3, 0.4) is 0 Å². The molecule has 0 aliphatic heterocycles. The first-order chi connectivity index (χ1) is 9.86. The third kappa shape index (κ3) is 2.72. The zero-order valence-electron chi connectivity index (χ0n) is 11.6. The number of rotatable bonds is 5. The fourth-order valence-electron chi connectivity index (χ4n) is 2.36. The van der Waals surface area contributed by atoms with Gasteiger partial charge in [-0.05, 0) is 24.0 Å². The minimum atomic E-state index is -1.13. The van der Waals surface area contributed by atoms with E-state index in [4.69, 9.17) is 10.8 Å². The van der Waals surface area contributed by atoms with E-state index in [0.29, 0.717) is 21.4 Å². The summed E-state index contributed by atoms with van der Waals surface area (Å²) in [4.78, 5) is 22.4. The van der Waals surface area contributed by atoms with Crippen LogP contribution in [0.15, 0.2) is 23.2 Å². The summed E-state index contributed by atoms with van der Waals surface area (Å²) in [7, 11) is 1.76. The number of carboxylic acids is 1. The molecule has 0 radical (unpaired) electrons. The third-order valence-electron chi connectivity index (χ3n) is 3.33. The number of carbonyl (C=O) groups is 1.